The van der Waals surface area contributed by atoms with Gasteiger partial charge in [-0.2, -0.15) is 0 Å². The first kappa shape index (κ1) is 11.2. The second kappa shape index (κ2) is 4.77. The van der Waals surface area contributed by atoms with E-state index in [1.807, 2.05) is 30.3 Å². The van der Waals surface area contributed by atoms with Gasteiger partial charge in [0.2, 0.25) is 5.82 Å². The molecule has 1 N–H and O–H groups in total. The SMILES string of the molecule is O=c1[nH]c(-c2ccc(Oc3ccccc3)cn2)no1. The van der Waals surface area contributed by atoms with Gasteiger partial charge in [0.1, 0.15) is 17.2 Å². The molecular weight excluding hydrogens is 246 g/mol. The molecule has 0 amide bonds. The van der Waals surface area contributed by atoms with Crippen molar-refractivity contribution in [2.24, 2.45) is 0 Å². The molecule has 6 heteroatoms. The Bertz CT molecular complexity index is 717. The monoisotopic (exact) mass is 255 g/mol. The Kier molecular flexibility index (Phi) is 2.82. The third-order valence-corrected chi connectivity index (χ3v) is 2.40. The molecule has 0 aliphatic heterocycles. The molecule has 0 bridgehead atoms. The molecule has 0 unspecified atom stereocenters. The molecule has 0 aliphatic rings. The first-order valence-electron chi connectivity index (χ1n) is 5.56. The normalized spacial score (nSPS) is 10.3. The quantitative estimate of drug-likeness (QED) is 0.776. The lowest BCUT2D eigenvalue weighted by molar-refractivity contribution is 0.387. The summed E-state index contributed by atoms with van der Waals surface area (Å²) >= 11 is 0. The van der Waals surface area contributed by atoms with Gasteiger partial charge in [-0.25, -0.2) is 9.78 Å². The van der Waals surface area contributed by atoms with E-state index in [2.05, 4.69) is 19.6 Å². The van der Waals surface area contributed by atoms with E-state index in [0.717, 1.165) is 5.75 Å². The topological polar surface area (TPSA) is 81.0 Å². The number of hydrogen-bond acceptors (Lipinski definition) is 5. The largest absolute Gasteiger partial charge is 0.456 e. The molecule has 0 radical (unpaired) electrons. The molecule has 0 saturated carbocycles. The number of rotatable bonds is 3. The molecule has 6 nitrogen and oxygen atoms in total. The Labute approximate surface area is 107 Å². The zero-order valence-electron chi connectivity index (χ0n) is 9.74. The van der Waals surface area contributed by atoms with Crippen molar-refractivity contribution in [2.45, 2.75) is 0 Å². The Morgan fingerprint density at radius 3 is 2.53 bits per heavy atom. The summed E-state index contributed by atoms with van der Waals surface area (Å²) < 4.78 is 10.0. The Morgan fingerprint density at radius 1 is 1.05 bits per heavy atom. The van der Waals surface area contributed by atoms with Crippen LogP contribution < -0.4 is 10.5 Å². The standard InChI is InChI=1S/C13H9N3O3/c17-13-15-12(16-19-13)11-7-6-10(8-14-11)18-9-4-2-1-3-5-9/h1-8H,(H,15,16,17). The fourth-order valence-electron chi connectivity index (χ4n) is 1.55. The molecule has 2 heterocycles. The van der Waals surface area contributed by atoms with Gasteiger partial charge < -0.3 is 4.74 Å². The number of pyridine rings is 1. The van der Waals surface area contributed by atoms with Crippen molar-refractivity contribution in [1.82, 2.24) is 15.1 Å². The van der Waals surface area contributed by atoms with Crippen LogP contribution in [0.4, 0.5) is 0 Å². The minimum atomic E-state index is -0.610. The highest BCUT2D eigenvalue weighted by atomic mass is 16.5. The van der Waals surface area contributed by atoms with E-state index in [0.29, 0.717) is 11.4 Å². The summed E-state index contributed by atoms with van der Waals surface area (Å²) in [7, 11) is 0. The third kappa shape index (κ3) is 2.52. The van der Waals surface area contributed by atoms with Gasteiger partial charge in [0.15, 0.2) is 0 Å². The summed E-state index contributed by atoms with van der Waals surface area (Å²) in [6.07, 6.45) is 1.55. The zero-order chi connectivity index (χ0) is 13.1. The van der Waals surface area contributed by atoms with Gasteiger partial charge in [0, 0.05) is 0 Å². The molecule has 0 aliphatic carbocycles. The number of aromatic amines is 1. The van der Waals surface area contributed by atoms with Crippen LogP contribution in [0, 0.1) is 0 Å². The smallest absolute Gasteiger partial charge is 0.439 e. The fourth-order valence-corrected chi connectivity index (χ4v) is 1.55. The summed E-state index contributed by atoms with van der Waals surface area (Å²) in [6, 6.07) is 12.8. The van der Waals surface area contributed by atoms with Crippen LogP contribution in [0.3, 0.4) is 0 Å². The first-order valence-corrected chi connectivity index (χ1v) is 5.56. The van der Waals surface area contributed by atoms with E-state index < -0.39 is 5.76 Å². The van der Waals surface area contributed by atoms with E-state index in [9.17, 15) is 4.79 Å². The van der Waals surface area contributed by atoms with Crippen LogP contribution in [0.1, 0.15) is 0 Å². The first-order chi connectivity index (χ1) is 9.31. The molecule has 0 spiro atoms. The van der Waals surface area contributed by atoms with Gasteiger partial charge in [0.05, 0.1) is 6.20 Å². The average Bonchev–Trinajstić information content (AvgIpc) is 2.87. The van der Waals surface area contributed by atoms with Crippen molar-refractivity contribution in [3.63, 3.8) is 0 Å². The third-order valence-electron chi connectivity index (χ3n) is 2.40. The summed E-state index contributed by atoms with van der Waals surface area (Å²) in [5.41, 5.74) is 0.506. The molecule has 2 aromatic heterocycles. The number of hydrogen-bond donors (Lipinski definition) is 1. The van der Waals surface area contributed by atoms with E-state index in [-0.39, 0.29) is 5.82 Å². The van der Waals surface area contributed by atoms with Crippen LogP contribution in [0.25, 0.3) is 11.5 Å². The van der Waals surface area contributed by atoms with Crippen molar-refractivity contribution in [1.29, 1.82) is 0 Å². The van der Waals surface area contributed by atoms with E-state index in [1.54, 1.807) is 18.3 Å². The molecule has 0 atom stereocenters. The number of benzene rings is 1. The molecule has 1 aromatic carbocycles. The number of para-hydroxylation sites is 1. The summed E-state index contributed by atoms with van der Waals surface area (Å²) in [6.45, 7) is 0. The maximum Gasteiger partial charge on any atom is 0.439 e. The fraction of sp³-hybridized carbons (Fsp3) is 0. The van der Waals surface area contributed by atoms with Crippen molar-refractivity contribution in [3.8, 4) is 23.0 Å². The van der Waals surface area contributed by atoms with Gasteiger partial charge in [-0.05, 0) is 24.3 Å². The van der Waals surface area contributed by atoms with Crippen LogP contribution in [-0.2, 0) is 0 Å². The van der Waals surface area contributed by atoms with Crippen LogP contribution in [0.15, 0.2) is 58.0 Å². The minimum absolute atomic E-state index is 0.288. The van der Waals surface area contributed by atoms with Crippen molar-refractivity contribution in [2.75, 3.05) is 0 Å². The number of H-pyrrole nitrogens is 1. The van der Waals surface area contributed by atoms with Gasteiger partial charge in [-0.3, -0.25) is 9.51 Å². The predicted octanol–water partition coefficient (Wildman–Crippen LogP) is 2.22. The zero-order valence-corrected chi connectivity index (χ0v) is 9.74. The Balaban J connectivity index is 1.81. The highest BCUT2D eigenvalue weighted by molar-refractivity contribution is 5.48. The molecule has 0 fully saturated rings. The summed E-state index contributed by atoms with van der Waals surface area (Å²) in [4.78, 5) is 17.4. The highest BCUT2D eigenvalue weighted by Crippen LogP contribution is 2.21. The van der Waals surface area contributed by atoms with Crippen molar-refractivity contribution in [3.05, 3.63) is 59.2 Å². The van der Waals surface area contributed by atoms with Gasteiger partial charge in [0.25, 0.3) is 0 Å². The second-order valence-electron chi connectivity index (χ2n) is 3.74. The maximum atomic E-state index is 10.8. The van der Waals surface area contributed by atoms with E-state index in [4.69, 9.17) is 4.74 Å². The van der Waals surface area contributed by atoms with E-state index in [1.165, 1.54) is 0 Å². The maximum absolute atomic E-state index is 10.8. The van der Waals surface area contributed by atoms with Gasteiger partial charge in [-0.1, -0.05) is 23.4 Å². The van der Waals surface area contributed by atoms with Gasteiger partial charge in [-0.15, -0.1) is 0 Å². The molecule has 94 valence electrons. The van der Waals surface area contributed by atoms with E-state index >= 15 is 0 Å². The highest BCUT2D eigenvalue weighted by Gasteiger charge is 2.06. The van der Waals surface area contributed by atoms with Crippen LogP contribution in [-0.4, -0.2) is 15.1 Å². The average molecular weight is 255 g/mol. The summed E-state index contributed by atoms with van der Waals surface area (Å²) in [5.74, 6) is 1.00. The minimum Gasteiger partial charge on any atom is -0.456 e. The lowest BCUT2D eigenvalue weighted by atomic mass is 10.3. The number of ether oxygens (including phenoxy) is 1. The molecular formula is C13H9N3O3. The lowest BCUT2D eigenvalue weighted by Gasteiger charge is -2.04. The van der Waals surface area contributed by atoms with Crippen LogP contribution in [0.2, 0.25) is 0 Å². The number of nitrogens with zero attached hydrogens (tertiary/aromatic N) is 2. The lowest BCUT2D eigenvalue weighted by Crippen LogP contribution is -1.95. The Morgan fingerprint density at radius 2 is 1.89 bits per heavy atom. The van der Waals surface area contributed by atoms with Crippen molar-refractivity contribution < 1.29 is 9.26 Å². The van der Waals surface area contributed by atoms with Crippen LogP contribution in [0.5, 0.6) is 11.5 Å². The number of nitrogens with one attached hydrogen (secondary N) is 1. The molecule has 3 aromatic rings. The van der Waals surface area contributed by atoms with Crippen LogP contribution >= 0.6 is 0 Å². The second-order valence-corrected chi connectivity index (χ2v) is 3.74. The Hall–Kier alpha value is -2.89. The van der Waals surface area contributed by atoms with Crippen molar-refractivity contribution >= 4 is 0 Å². The summed E-state index contributed by atoms with van der Waals surface area (Å²) in [5, 5.41) is 3.55. The number of aromatic nitrogens is 3. The molecule has 0 saturated heterocycles. The van der Waals surface area contributed by atoms with Gasteiger partial charge >= 0.3 is 5.76 Å². The predicted molar refractivity (Wildman–Crippen MR) is 66.9 cm³/mol. The molecule has 19 heavy (non-hydrogen) atoms. The molecule has 3 rings (SSSR count).